The minimum atomic E-state index is -0.447. The van der Waals surface area contributed by atoms with Gasteiger partial charge in [-0.2, -0.15) is 0 Å². The molecule has 11 heteroatoms. The number of methoxy groups -OCH3 is 2. The number of nitrogens with one attached hydrogen (secondary N) is 2. The van der Waals surface area contributed by atoms with Crippen molar-refractivity contribution in [3.8, 4) is 11.5 Å². The summed E-state index contributed by atoms with van der Waals surface area (Å²) >= 11 is 0. The van der Waals surface area contributed by atoms with Crippen LogP contribution in [-0.2, 0) is 11.3 Å². The minimum Gasteiger partial charge on any atom is -0.497 e. The van der Waals surface area contributed by atoms with Crippen molar-refractivity contribution in [1.29, 1.82) is 0 Å². The Morgan fingerprint density at radius 1 is 1.15 bits per heavy atom. The van der Waals surface area contributed by atoms with E-state index in [2.05, 4.69) is 15.6 Å². The van der Waals surface area contributed by atoms with Crippen LogP contribution in [0.2, 0.25) is 0 Å². The summed E-state index contributed by atoms with van der Waals surface area (Å²) in [7, 11) is 6.54. The van der Waals surface area contributed by atoms with Crippen molar-refractivity contribution < 1.29 is 19.2 Å². The van der Waals surface area contributed by atoms with E-state index in [1.165, 1.54) is 17.0 Å². The lowest BCUT2D eigenvalue weighted by molar-refractivity contribution is -0.384. The van der Waals surface area contributed by atoms with E-state index in [1.807, 2.05) is 25.1 Å². The molecule has 0 spiro atoms. The molecular weight excluding hydrogens is 541 g/mol. The number of ether oxygens (including phenoxy) is 2. The average molecular weight is 571 g/mol. The first-order chi connectivity index (χ1) is 15.2. The van der Waals surface area contributed by atoms with Gasteiger partial charge in [0.2, 0.25) is 5.91 Å². The van der Waals surface area contributed by atoms with Gasteiger partial charge < -0.3 is 25.0 Å². The van der Waals surface area contributed by atoms with Crippen LogP contribution in [0.4, 0.5) is 5.69 Å². The maximum absolute atomic E-state index is 12.0. The molecule has 2 N–H and O–H groups in total. The van der Waals surface area contributed by atoms with Gasteiger partial charge in [0.1, 0.15) is 11.5 Å². The number of likely N-dealkylation sites (N-methyl/N-ethyl adjacent to an activating group) is 1. The van der Waals surface area contributed by atoms with Crippen LogP contribution in [-0.4, -0.2) is 56.5 Å². The molecule has 180 valence electrons. The number of carbonyl (C=O) groups is 1. The molecule has 0 bridgehead atoms. The number of non-ortho nitro benzene ring substituents is 1. The van der Waals surface area contributed by atoms with E-state index in [1.54, 1.807) is 40.4 Å². The Balaban J connectivity index is 0.00000544. The molecular formula is C22H30IN5O5. The molecule has 1 atom stereocenters. The summed E-state index contributed by atoms with van der Waals surface area (Å²) in [5, 5.41) is 17.2. The number of nitro groups is 1. The molecule has 1 amide bonds. The first-order valence-corrected chi connectivity index (χ1v) is 9.95. The minimum absolute atomic E-state index is 0. The smallest absolute Gasteiger partial charge is 0.269 e. The Bertz CT molecular complexity index is 966. The normalized spacial score (nSPS) is 11.6. The van der Waals surface area contributed by atoms with Gasteiger partial charge in [0.05, 0.1) is 38.3 Å². The predicted molar refractivity (Wildman–Crippen MR) is 137 cm³/mol. The molecule has 0 saturated heterocycles. The number of aliphatic imine (C=N–C) groups is 1. The maximum atomic E-state index is 12.0. The van der Waals surface area contributed by atoms with E-state index in [4.69, 9.17) is 9.47 Å². The Morgan fingerprint density at radius 2 is 1.82 bits per heavy atom. The second kappa shape index (κ2) is 13.5. The summed E-state index contributed by atoms with van der Waals surface area (Å²) in [4.78, 5) is 28.5. The lowest BCUT2D eigenvalue weighted by Gasteiger charge is -2.21. The highest BCUT2D eigenvalue weighted by Crippen LogP contribution is 2.29. The summed E-state index contributed by atoms with van der Waals surface area (Å²) in [5.41, 5.74) is 1.67. The van der Waals surface area contributed by atoms with Gasteiger partial charge >= 0.3 is 0 Å². The van der Waals surface area contributed by atoms with Crippen LogP contribution >= 0.6 is 24.0 Å². The molecule has 0 fully saturated rings. The van der Waals surface area contributed by atoms with Crippen molar-refractivity contribution in [2.75, 3.05) is 34.9 Å². The van der Waals surface area contributed by atoms with Gasteiger partial charge in [0.15, 0.2) is 5.96 Å². The quantitative estimate of drug-likeness (QED) is 0.156. The topological polar surface area (TPSA) is 118 Å². The number of nitro benzene ring substituents is 1. The fourth-order valence-corrected chi connectivity index (χ4v) is 2.82. The molecule has 2 aromatic rings. The Labute approximate surface area is 210 Å². The molecule has 10 nitrogen and oxygen atoms in total. The van der Waals surface area contributed by atoms with E-state index in [9.17, 15) is 14.9 Å². The van der Waals surface area contributed by atoms with Gasteiger partial charge in [-0.3, -0.25) is 14.9 Å². The molecule has 33 heavy (non-hydrogen) atoms. The van der Waals surface area contributed by atoms with Crippen LogP contribution in [0.1, 0.15) is 24.1 Å². The monoisotopic (exact) mass is 571 g/mol. The Kier molecular flexibility index (Phi) is 11.4. The third kappa shape index (κ3) is 8.40. The molecule has 0 aromatic heterocycles. The molecule has 2 rings (SSSR count). The molecule has 0 heterocycles. The number of guanidine groups is 1. The van der Waals surface area contributed by atoms with Gasteiger partial charge in [-0.25, -0.2) is 4.99 Å². The number of amides is 1. The van der Waals surface area contributed by atoms with Crippen LogP contribution in [0.15, 0.2) is 47.5 Å². The van der Waals surface area contributed by atoms with Crippen molar-refractivity contribution >= 4 is 41.5 Å². The zero-order chi connectivity index (χ0) is 23.7. The summed E-state index contributed by atoms with van der Waals surface area (Å²) in [6.07, 6.45) is 0. The van der Waals surface area contributed by atoms with E-state index in [0.717, 1.165) is 11.1 Å². The first kappa shape index (κ1) is 27.9. The average Bonchev–Trinajstić information content (AvgIpc) is 2.79. The van der Waals surface area contributed by atoms with Gasteiger partial charge in [-0.15, -0.1) is 24.0 Å². The van der Waals surface area contributed by atoms with Crippen LogP contribution in [0.25, 0.3) is 0 Å². The van der Waals surface area contributed by atoms with Gasteiger partial charge in [0.25, 0.3) is 5.69 Å². The number of benzene rings is 2. The lowest BCUT2D eigenvalue weighted by atomic mass is 10.1. The summed E-state index contributed by atoms with van der Waals surface area (Å²) in [6.45, 7) is 2.26. The van der Waals surface area contributed by atoms with E-state index >= 15 is 0 Å². The highest BCUT2D eigenvalue weighted by atomic mass is 127. The fraction of sp³-hybridized carbons (Fsp3) is 0.364. The number of rotatable bonds is 9. The lowest BCUT2D eigenvalue weighted by Crippen LogP contribution is -2.43. The third-order valence-electron chi connectivity index (χ3n) is 4.73. The van der Waals surface area contributed by atoms with E-state index < -0.39 is 4.92 Å². The summed E-state index contributed by atoms with van der Waals surface area (Å²) in [6, 6.07) is 11.5. The Morgan fingerprint density at radius 3 is 2.36 bits per heavy atom. The molecule has 0 aliphatic rings. The fourth-order valence-electron chi connectivity index (χ4n) is 2.82. The third-order valence-corrected chi connectivity index (χ3v) is 4.73. The van der Waals surface area contributed by atoms with Crippen LogP contribution in [0.3, 0.4) is 0 Å². The summed E-state index contributed by atoms with van der Waals surface area (Å²) < 4.78 is 10.8. The van der Waals surface area contributed by atoms with Gasteiger partial charge in [-0.1, -0.05) is 12.1 Å². The van der Waals surface area contributed by atoms with Crippen LogP contribution in [0.5, 0.6) is 11.5 Å². The largest absolute Gasteiger partial charge is 0.497 e. The molecule has 0 aliphatic heterocycles. The zero-order valence-corrected chi connectivity index (χ0v) is 21.7. The highest BCUT2D eigenvalue weighted by Gasteiger charge is 2.15. The van der Waals surface area contributed by atoms with E-state index in [-0.39, 0.29) is 54.7 Å². The van der Waals surface area contributed by atoms with Crippen LogP contribution < -0.4 is 20.1 Å². The Hall–Kier alpha value is -3.09. The number of carbonyl (C=O) groups excluding carboxylic acids is 1. The van der Waals surface area contributed by atoms with Crippen molar-refractivity contribution in [1.82, 2.24) is 15.5 Å². The standard InChI is InChI=1S/C22H29N5O5.HI/c1-15(19-12-18(31-4)10-11-20(19)32-5)25-22(24-14-21(28)26(2)3)23-13-16-6-8-17(9-7-16)27(29)30;/h6-12,15H,13-14H2,1-5H3,(H2,23,24,25);1H. The molecule has 0 saturated carbocycles. The maximum Gasteiger partial charge on any atom is 0.269 e. The molecule has 0 radical (unpaired) electrons. The zero-order valence-electron chi connectivity index (χ0n) is 19.3. The first-order valence-electron chi connectivity index (χ1n) is 9.95. The van der Waals surface area contributed by atoms with Gasteiger partial charge in [0, 0.05) is 31.8 Å². The second-order valence-corrected chi connectivity index (χ2v) is 7.20. The molecule has 1 unspecified atom stereocenters. The molecule has 2 aromatic carbocycles. The van der Waals surface area contributed by atoms with Crippen molar-refractivity contribution in [2.45, 2.75) is 19.5 Å². The SMILES string of the molecule is COc1ccc(OC)c(C(C)NC(=NCc2ccc([N+](=O)[O-])cc2)NCC(=O)N(C)C)c1.I. The van der Waals surface area contributed by atoms with Crippen LogP contribution in [0, 0.1) is 10.1 Å². The number of hydrogen-bond acceptors (Lipinski definition) is 6. The number of hydrogen-bond donors (Lipinski definition) is 2. The van der Waals surface area contributed by atoms with E-state index in [0.29, 0.717) is 17.5 Å². The van der Waals surface area contributed by atoms with Crippen molar-refractivity contribution in [2.24, 2.45) is 4.99 Å². The molecule has 0 aliphatic carbocycles. The highest BCUT2D eigenvalue weighted by molar-refractivity contribution is 14.0. The van der Waals surface area contributed by atoms with Crippen molar-refractivity contribution in [3.63, 3.8) is 0 Å². The number of halogens is 1. The predicted octanol–water partition coefficient (Wildman–Crippen LogP) is 3.11. The summed E-state index contributed by atoms with van der Waals surface area (Å²) in [5.74, 6) is 1.68. The number of nitrogens with zero attached hydrogens (tertiary/aromatic N) is 3. The second-order valence-electron chi connectivity index (χ2n) is 7.20. The van der Waals surface area contributed by atoms with Crippen molar-refractivity contribution in [3.05, 3.63) is 63.7 Å². The van der Waals surface area contributed by atoms with Gasteiger partial charge in [-0.05, 0) is 30.7 Å².